The minimum atomic E-state index is 0.125. The van der Waals surface area contributed by atoms with E-state index in [-0.39, 0.29) is 5.28 Å². The summed E-state index contributed by atoms with van der Waals surface area (Å²) in [7, 11) is 0. The van der Waals surface area contributed by atoms with Gasteiger partial charge in [-0.3, -0.25) is 0 Å². The fraction of sp³-hybridized carbons (Fsp3) is 0.111. The van der Waals surface area contributed by atoms with Crippen LogP contribution in [0.2, 0.25) is 10.4 Å². The molecule has 0 atom stereocenters. The summed E-state index contributed by atoms with van der Waals surface area (Å²) in [6.45, 7) is 0.438. The molecule has 0 saturated heterocycles. The molecule has 0 unspecified atom stereocenters. The van der Waals surface area contributed by atoms with Gasteiger partial charge in [0.15, 0.2) is 0 Å². The lowest BCUT2D eigenvalue weighted by atomic mass is 10.4. The molecule has 3 nitrogen and oxygen atoms in total. The molecule has 2 rings (SSSR count). The minimum Gasteiger partial charge on any atom is -0.321 e. The maximum absolute atomic E-state index is 5.88. The lowest BCUT2D eigenvalue weighted by Gasteiger charge is -1.99. The van der Waals surface area contributed by atoms with E-state index in [0.717, 1.165) is 5.39 Å². The lowest BCUT2D eigenvalue weighted by molar-refractivity contribution is 0.869. The van der Waals surface area contributed by atoms with Gasteiger partial charge in [0.05, 0.1) is 11.9 Å². The second-order valence-electron chi connectivity index (χ2n) is 2.67. The number of aromatic nitrogens is 3. The first-order chi connectivity index (χ1) is 6.72. The highest BCUT2D eigenvalue weighted by Crippen LogP contribution is 2.22. The molecule has 0 bridgehead atoms. The summed E-state index contributed by atoms with van der Waals surface area (Å²) in [6, 6.07) is 1.81. The van der Waals surface area contributed by atoms with Crippen LogP contribution in [0.3, 0.4) is 0 Å². The second-order valence-corrected chi connectivity index (χ2v) is 3.36. The number of terminal acetylenes is 1. The summed E-state index contributed by atoms with van der Waals surface area (Å²) in [6.07, 6.45) is 7.01. The van der Waals surface area contributed by atoms with Crippen LogP contribution in [0, 0.1) is 12.3 Å². The van der Waals surface area contributed by atoms with Gasteiger partial charge in [0.1, 0.15) is 10.8 Å². The molecular formula is C9H5Cl2N3. The zero-order chi connectivity index (χ0) is 10.1. The van der Waals surface area contributed by atoms with Crippen LogP contribution in [0.25, 0.3) is 11.0 Å². The van der Waals surface area contributed by atoms with E-state index >= 15 is 0 Å². The fourth-order valence-corrected chi connectivity index (χ4v) is 1.66. The number of nitrogens with zero attached hydrogens (tertiary/aromatic N) is 3. The molecule has 70 valence electrons. The first-order valence-electron chi connectivity index (χ1n) is 3.83. The van der Waals surface area contributed by atoms with Crippen molar-refractivity contribution in [3.63, 3.8) is 0 Å². The third-order valence-electron chi connectivity index (χ3n) is 1.81. The molecule has 5 heteroatoms. The Morgan fingerprint density at radius 2 is 2.21 bits per heavy atom. The van der Waals surface area contributed by atoms with E-state index < -0.39 is 0 Å². The highest BCUT2D eigenvalue weighted by molar-refractivity contribution is 6.35. The van der Waals surface area contributed by atoms with Gasteiger partial charge in [-0.1, -0.05) is 17.5 Å². The molecule has 0 aliphatic rings. The van der Waals surface area contributed by atoms with Crippen molar-refractivity contribution in [3.8, 4) is 12.3 Å². The SMILES string of the molecule is C#CCn1ccc2c(Cl)nc(Cl)nc21. The second kappa shape index (κ2) is 3.49. The molecule has 0 spiro atoms. The number of hydrogen-bond donors (Lipinski definition) is 0. The molecule has 0 aliphatic carbocycles. The van der Waals surface area contributed by atoms with Crippen molar-refractivity contribution in [2.45, 2.75) is 6.54 Å². The van der Waals surface area contributed by atoms with Crippen LogP contribution in [0.4, 0.5) is 0 Å². The van der Waals surface area contributed by atoms with Crippen LogP contribution < -0.4 is 0 Å². The molecule has 0 fully saturated rings. The van der Waals surface area contributed by atoms with E-state index in [1.165, 1.54) is 0 Å². The Morgan fingerprint density at radius 1 is 1.43 bits per heavy atom. The molecule has 0 N–H and O–H groups in total. The minimum absolute atomic E-state index is 0.125. The number of halogens is 2. The van der Waals surface area contributed by atoms with Crippen LogP contribution in [0.5, 0.6) is 0 Å². The summed E-state index contributed by atoms with van der Waals surface area (Å²) in [5.74, 6) is 2.52. The quantitative estimate of drug-likeness (QED) is 0.424. The summed E-state index contributed by atoms with van der Waals surface area (Å²) >= 11 is 11.6. The highest BCUT2D eigenvalue weighted by atomic mass is 35.5. The van der Waals surface area contributed by atoms with Crippen LogP contribution in [-0.4, -0.2) is 14.5 Å². The first-order valence-corrected chi connectivity index (χ1v) is 4.59. The summed E-state index contributed by atoms with van der Waals surface area (Å²) < 4.78 is 1.79. The summed E-state index contributed by atoms with van der Waals surface area (Å²) in [5.41, 5.74) is 0.660. The Bertz CT molecular complexity index is 525. The molecule has 2 heterocycles. The summed E-state index contributed by atoms with van der Waals surface area (Å²) in [5, 5.41) is 1.22. The Labute approximate surface area is 90.7 Å². The average molecular weight is 226 g/mol. The van der Waals surface area contributed by atoms with E-state index in [0.29, 0.717) is 17.3 Å². The largest absolute Gasteiger partial charge is 0.321 e. The maximum atomic E-state index is 5.88. The van der Waals surface area contributed by atoms with Gasteiger partial charge in [-0.15, -0.1) is 6.42 Å². The fourth-order valence-electron chi connectivity index (χ4n) is 1.23. The van der Waals surface area contributed by atoms with Crippen molar-refractivity contribution in [2.24, 2.45) is 0 Å². The van der Waals surface area contributed by atoms with E-state index in [1.807, 2.05) is 6.07 Å². The standard InChI is InChI=1S/C9H5Cl2N3/c1-2-4-14-5-3-6-7(10)12-9(11)13-8(6)14/h1,3,5H,4H2. The van der Waals surface area contributed by atoms with Crippen molar-refractivity contribution in [3.05, 3.63) is 22.7 Å². The predicted molar refractivity (Wildman–Crippen MR) is 56.4 cm³/mol. The van der Waals surface area contributed by atoms with Crippen molar-refractivity contribution >= 4 is 34.2 Å². The lowest BCUT2D eigenvalue weighted by Crippen LogP contribution is -1.96. The number of rotatable bonds is 1. The summed E-state index contributed by atoms with van der Waals surface area (Å²) in [4.78, 5) is 7.88. The van der Waals surface area contributed by atoms with Crippen molar-refractivity contribution in [2.75, 3.05) is 0 Å². The van der Waals surface area contributed by atoms with Crippen LogP contribution in [0.15, 0.2) is 12.3 Å². The molecule has 2 aromatic heterocycles. The van der Waals surface area contributed by atoms with Crippen molar-refractivity contribution in [1.82, 2.24) is 14.5 Å². The van der Waals surface area contributed by atoms with Crippen molar-refractivity contribution in [1.29, 1.82) is 0 Å². The maximum Gasteiger partial charge on any atom is 0.225 e. The van der Waals surface area contributed by atoms with Gasteiger partial charge in [-0.25, -0.2) is 4.98 Å². The molecule has 2 aromatic rings. The van der Waals surface area contributed by atoms with Gasteiger partial charge < -0.3 is 4.57 Å². The van der Waals surface area contributed by atoms with Crippen LogP contribution >= 0.6 is 23.2 Å². The molecular weight excluding hydrogens is 221 g/mol. The predicted octanol–water partition coefficient (Wildman–Crippen LogP) is 2.37. The Kier molecular flexibility index (Phi) is 2.32. The van der Waals surface area contributed by atoms with Crippen LogP contribution in [-0.2, 0) is 6.54 Å². The van der Waals surface area contributed by atoms with Crippen LogP contribution in [0.1, 0.15) is 0 Å². The molecule has 0 radical (unpaired) electrons. The van der Waals surface area contributed by atoms with E-state index in [2.05, 4.69) is 15.9 Å². The molecule has 0 saturated carbocycles. The molecule has 0 aromatic carbocycles. The zero-order valence-corrected chi connectivity index (χ0v) is 8.55. The highest BCUT2D eigenvalue weighted by Gasteiger charge is 2.08. The van der Waals surface area contributed by atoms with Gasteiger partial charge >= 0.3 is 0 Å². The molecule has 0 aliphatic heterocycles. The smallest absolute Gasteiger partial charge is 0.225 e. The molecule has 14 heavy (non-hydrogen) atoms. The van der Waals surface area contributed by atoms with E-state index in [4.69, 9.17) is 29.6 Å². The zero-order valence-electron chi connectivity index (χ0n) is 7.04. The first kappa shape index (κ1) is 9.32. The van der Waals surface area contributed by atoms with Gasteiger partial charge in [-0.05, 0) is 17.7 Å². The topological polar surface area (TPSA) is 30.7 Å². The van der Waals surface area contributed by atoms with Gasteiger partial charge in [0.2, 0.25) is 5.28 Å². The monoisotopic (exact) mass is 225 g/mol. The van der Waals surface area contributed by atoms with Gasteiger partial charge in [0.25, 0.3) is 0 Å². The Morgan fingerprint density at radius 3 is 2.93 bits per heavy atom. The third kappa shape index (κ3) is 1.43. The number of fused-ring (bicyclic) bond motifs is 1. The van der Waals surface area contributed by atoms with E-state index in [9.17, 15) is 0 Å². The third-order valence-corrected chi connectivity index (χ3v) is 2.26. The average Bonchev–Trinajstić information content (AvgIpc) is 2.49. The molecule has 0 amide bonds. The Balaban J connectivity index is 2.73. The Hall–Kier alpha value is -1.24. The number of hydrogen-bond acceptors (Lipinski definition) is 2. The van der Waals surface area contributed by atoms with E-state index in [1.54, 1.807) is 10.8 Å². The van der Waals surface area contributed by atoms with Gasteiger partial charge in [0, 0.05) is 6.20 Å². The van der Waals surface area contributed by atoms with Crippen molar-refractivity contribution < 1.29 is 0 Å². The normalized spacial score (nSPS) is 10.4. The van der Waals surface area contributed by atoms with Gasteiger partial charge in [-0.2, -0.15) is 4.98 Å².